The van der Waals surface area contributed by atoms with Gasteiger partial charge < -0.3 is 16.8 Å². The third-order valence-corrected chi connectivity index (χ3v) is 4.15. The molecule has 4 nitrogen and oxygen atoms in total. The number of carbonyl (C=O) groups is 1. The molecule has 0 radical (unpaired) electrons. The Hall–Kier alpha value is -0.610. The molecule has 0 bridgehead atoms. The van der Waals surface area contributed by atoms with E-state index in [9.17, 15) is 4.79 Å². The van der Waals surface area contributed by atoms with Crippen molar-refractivity contribution in [3.05, 3.63) is 0 Å². The molecule has 4 heteroatoms. The summed E-state index contributed by atoms with van der Waals surface area (Å²) in [5.41, 5.74) is 11.6. The van der Waals surface area contributed by atoms with Crippen molar-refractivity contribution in [3.63, 3.8) is 0 Å². The predicted octanol–water partition coefficient (Wildman–Crippen LogP) is 3.58. The van der Waals surface area contributed by atoms with Crippen LogP contribution >= 0.6 is 0 Å². The largest absolute Gasteiger partial charge is 0.353 e. The van der Waals surface area contributed by atoms with Crippen molar-refractivity contribution >= 4 is 6.41 Å². The van der Waals surface area contributed by atoms with E-state index < -0.39 is 0 Å². The van der Waals surface area contributed by atoms with Crippen LogP contribution in [0.1, 0.15) is 86.0 Å². The summed E-state index contributed by atoms with van der Waals surface area (Å²) in [4.78, 5) is 10.7. The lowest BCUT2D eigenvalue weighted by atomic mass is 9.83. The number of amides is 1. The summed E-state index contributed by atoms with van der Waals surface area (Å²) in [5, 5.41) is 3.01. The molecule has 0 heterocycles. The normalized spacial score (nSPS) is 11.6. The van der Waals surface area contributed by atoms with Gasteiger partial charge in [-0.15, -0.1) is 0 Å². The Morgan fingerprint density at radius 1 is 0.909 bits per heavy atom. The highest BCUT2D eigenvalue weighted by Gasteiger charge is 2.27. The van der Waals surface area contributed by atoms with Gasteiger partial charge in [0, 0.05) is 5.54 Å². The summed E-state index contributed by atoms with van der Waals surface area (Å²) in [6.07, 6.45) is 9.23. The van der Waals surface area contributed by atoms with Crippen LogP contribution in [-0.2, 0) is 4.79 Å². The van der Waals surface area contributed by atoms with Gasteiger partial charge in [0.2, 0.25) is 6.41 Å². The van der Waals surface area contributed by atoms with E-state index in [4.69, 9.17) is 11.5 Å². The second kappa shape index (κ2) is 14.0. The molecular formula is C18H41N3O. The summed E-state index contributed by atoms with van der Waals surface area (Å²) in [5.74, 6) is 0. The maximum atomic E-state index is 10.7. The summed E-state index contributed by atoms with van der Waals surface area (Å²) in [7, 11) is 0. The van der Waals surface area contributed by atoms with E-state index in [2.05, 4.69) is 39.9 Å². The van der Waals surface area contributed by atoms with Crippen LogP contribution in [0.15, 0.2) is 0 Å². The lowest BCUT2D eigenvalue weighted by Crippen LogP contribution is -2.45. The molecule has 22 heavy (non-hydrogen) atoms. The van der Waals surface area contributed by atoms with Gasteiger partial charge in [-0.25, -0.2) is 0 Å². The van der Waals surface area contributed by atoms with Gasteiger partial charge in [0.15, 0.2) is 0 Å². The Kier molecular flexibility index (Phi) is 15.1. The van der Waals surface area contributed by atoms with Crippen LogP contribution in [0.4, 0.5) is 0 Å². The molecule has 134 valence electrons. The van der Waals surface area contributed by atoms with E-state index in [1.807, 2.05) is 0 Å². The number of nitrogens with one attached hydrogen (secondary N) is 1. The van der Waals surface area contributed by atoms with Crippen LogP contribution in [0.2, 0.25) is 0 Å². The molecule has 0 aromatic carbocycles. The second-order valence-corrected chi connectivity index (χ2v) is 7.34. The highest BCUT2D eigenvalue weighted by Crippen LogP contribution is 2.25. The standard InChI is InChI=1S/C12H27N3O.C6H14/c1-2-3-6-12(15-11-16,7-4-9-13)8-5-10-14;1-5-6(2,3)4/h11H,2-10,13-14H2,1H3,(H,15,16);5H2,1-4H3. The van der Waals surface area contributed by atoms with Crippen molar-refractivity contribution in [1.29, 1.82) is 0 Å². The predicted molar refractivity (Wildman–Crippen MR) is 97.8 cm³/mol. The van der Waals surface area contributed by atoms with E-state index in [1.165, 1.54) is 6.42 Å². The summed E-state index contributed by atoms with van der Waals surface area (Å²) in [6, 6.07) is 0. The van der Waals surface area contributed by atoms with Gasteiger partial charge in [0.05, 0.1) is 0 Å². The first-order chi connectivity index (χ1) is 10.3. The first kappa shape index (κ1) is 23.7. The fraction of sp³-hybridized carbons (Fsp3) is 0.944. The number of hydrogen-bond donors (Lipinski definition) is 3. The number of nitrogens with two attached hydrogens (primary N) is 2. The first-order valence-corrected chi connectivity index (χ1v) is 8.92. The minimum atomic E-state index is -0.0729. The van der Waals surface area contributed by atoms with E-state index in [0.717, 1.165) is 51.4 Å². The average molecular weight is 316 g/mol. The van der Waals surface area contributed by atoms with Crippen LogP contribution in [-0.4, -0.2) is 25.0 Å². The van der Waals surface area contributed by atoms with Crippen LogP contribution < -0.4 is 16.8 Å². The van der Waals surface area contributed by atoms with Gasteiger partial charge in [-0.3, -0.25) is 4.79 Å². The van der Waals surface area contributed by atoms with Crippen molar-refractivity contribution < 1.29 is 4.79 Å². The minimum Gasteiger partial charge on any atom is -0.353 e. The molecule has 0 aromatic heterocycles. The van der Waals surface area contributed by atoms with Gasteiger partial charge in [-0.05, 0) is 50.6 Å². The number of hydrogen-bond acceptors (Lipinski definition) is 3. The average Bonchev–Trinajstić information content (AvgIpc) is 2.48. The van der Waals surface area contributed by atoms with Gasteiger partial charge in [-0.1, -0.05) is 53.9 Å². The topological polar surface area (TPSA) is 81.1 Å². The lowest BCUT2D eigenvalue weighted by Gasteiger charge is -2.33. The molecule has 0 aliphatic carbocycles. The van der Waals surface area contributed by atoms with Crippen LogP contribution in [0.5, 0.6) is 0 Å². The number of carbonyl (C=O) groups excluding carboxylic acids is 1. The van der Waals surface area contributed by atoms with Crippen LogP contribution in [0.3, 0.4) is 0 Å². The molecule has 0 saturated carbocycles. The lowest BCUT2D eigenvalue weighted by molar-refractivity contribution is -0.111. The van der Waals surface area contributed by atoms with Crippen molar-refractivity contribution in [2.45, 2.75) is 91.5 Å². The fourth-order valence-corrected chi connectivity index (χ4v) is 2.11. The van der Waals surface area contributed by atoms with E-state index in [-0.39, 0.29) is 5.54 Å². The van der Waals surface area contributed by atoms with Gasteiger partial charge in [0.25, 0.3) is 0 Å². The third kappa shape index (κ3) is 14.3. The zero-order chi connectivity index (χ0) is 17.5. The molecule has 1 amide bonds. The van der Waals surface area contributed by atoms with Gasteiger partial charge in [-0.2, -0.15) is 0 Å². The molecule has 0 aliphatic heterocycles. The smallest absolute Gasteiger partial charge is 0.207 e. The second-order valence-electron chi connectivity index (χ2n) is 7.34. The van der Waals surface area contributed by atoms with E-state index >= 15 is 0 Å². The molecular weight excluding hydrogens is 274 g/mol. The Morgan fingerprint density at radius 2 is 1.32 bits per heavy atom. The molecule has 5 N–H and O–H groups in total. The van der Waals surface area contributed by atoms with E-state index in [1.54, 1.807) is 0 Å². The van der Waals surface area contributed by atoms with Gasteiger partial charge >= 0.3 is 0 Å². The SMILES string of the molecule is CCC(C)(C)C.CCCCC(CCCN)(CCCN)NC=O. The van der Waals surface area contributed by atoms with Crippen molar-refractivity contribution in [1.82, 2.24) is 5.32 Å². The Labute approximate surface area is 138 Å². The monoisotopic (exact) mass is 315 g/mol. The zero-order valence-corrected chi connectivity index (χ0v) is 15.7. The highest BCUT2D eigenvalue weighted by atomic mass is 16.1. The zero-order valence-electron chi connectivity index (χ0n) is 15.7. The quantitative estimate of drug-likeness (QED) is 0.510. The number of rotatable bonds is 11. The summed E-state index contributed by atoms with van der Waals surface area (Å²) >= 11 is 0. The summed E-state index contributed by atoms with van der Waals surface area (Å²) < 4.78 is 0. The Bertz CT molecular complexity index is 227. The molecule has 0 rings (SSSR count). The Balaban J connectivity index is 0. The van der Waals surface area contributed by atoms with Crippen molar-refractivity contribution in [2.24, 2.45) is 16.9 Å². The number of unbranched alkanes of at least 4 members (excludes halogenated alkanes) is 1. The summed E-state index contributed by atoms with van der Waals surface area (Å²) in [6.45, 7) is 12.5. The van der Waals surface area contributed by atoms with E-state index in [0.29, 0.717) is 18.5 Å². The van der Waals surface area contributed by atoms with Crippen molar-refractivity contribution in [2.75, 3.05) is 13.1 Å². The molecule has 0 atom stereocenters. The highest BCUT2D eigenvalue weighted by molar-refractivity contribution is 5.48. The Morgan fingerprint density at radius 3 is 1.59 bits per heavy atom. The maximum Gasteiger partial charge on any atom is 0.207 e. The maximum absolute atomic E-state index is 10.7. The molecule has 0 fully saturated rings. The molecule has 0 saturated heterocycles. The third-order valence-electron chi connectivity index (χ3n) is 4.15. The minimum absolute atomic E-state index is 0.0729. The van der Waals surface area contributed by atoms with Crippen LogP contribution in [0, 0.1) is 5.41 Å². The van der Waals surface area contributed by atoms with Crippen LogP contribution in [0.25, 0.3) is 0 Å². The molecule has 0 aromatic rings. The molecule has 0 unspecified atom stereocenters. The first-order valence-electron chi connectivity index (χ1n) is 8.92. The van der Waals surface area contributed by atoms with Crippen molar-refractivity contribution in [3.8, 4) is 0 Å². The molecule has 0 spiro atoms. The fourth-order valence-electron chi connectivity index (χ4n) is 2.11. The van der Waals surface area contributed by atoms with Gasteiger partial charge in [0.1, 0.15) is 0 Å². The molecule has 0 aliphatic rings.